The van der Waals surface area contributed by atoms with Gasteiger partial charge in [0.25, 0.3) is 5.91 Å². The average molecular weight is 328 g/mol. The monoisotopic (exact) mass is 327 g/mol. The molecule has 1 aromatic rings. The molecule has 0 fully saturated rings. The van der Waals surface area contributed by atoms with Crippen LogP contribution in [0.2, 0.25) is 0 Å². The first-order chi connectivity index (χ1) is 8.88. The Hall–Kier alpha value is -1.23. The summed E-state index contributed by atoms with van der Waals surface area (Å²) in [5.41, 5.74) is 1.59. The summed E-state index contributed by atoms with van der Waals surface area (Å²) in [5, 5.41) is 0. The van der Waals surface area contributed by atoms with Crippen molar-refractivity contribution in [1.29, 1.82) is 0 Å². The summed E-state index contributed by atoms with van der Waals surface area (Å²) in [6.45, 7) is 4.07. The third kappa shape index (κ3) is 2.20. The minimum atomic E-state index is -0.0321. The van der Waals surface area contributed by atoms with E-state index in [0.29, 0.717) is 17.1 Å². The molecule has 0 saturated heterocycles. The number of hydrogen-bond acceptors (Lipinski definition) is 3. The summed E-state index contributed by atoms with van der Waals surface area (Å²) >= 11 is 3.47. The fraction of sp³-hybridized carbons (Fsp3) is 0.500. The quantitative estimate of drug-likeness (QED) is 0.838. The van der Waals surface area contributed by atoms with E-state index in [9.17, 15) is 4.79 Å². The number of ether oxygens (including phenoxy) is 2. The SMILES string of the molecule is COc1cc(Br)c(C(=O)N(C)C)c2c1O[C@@H](C)C2C. The summed E-state index contributed by atoms with van der Waals surface area (Å²) in [6, 6.07) is 1.79. The van der Waals surface area contributed by atoms with Gasteiger partial charge >= 0.3 is 0 Å². The predicted octanol–water partition coefficient (Wildman–Crippen LogP) is 3.04. The van der Waals surface area contributed by atoms with Crippen molar-refractivity contribution in [1.82, 2.24) is 4.90 Å². The largest absolute Gasteiger partial charge is 0.493 e. The number of fused-ring (bicyclic) bond motifs is 1. The molecule has 0 N–H and O–H groups in total. The van der Waals surface area contributed by atoms with Crippen LogP contribution in [-0.4, -0.2) is 38.1 Å². The number of methoxy groups -OCH3 is 1. The summed E-state index contributed by atoms with van der Waals surface area (Å²) in [5.74, 6) is 1.47. The van der Waals surface area contributed by atoms with E-state index in [-0.39, 0.29) is 17.9 Å². The maximum Gasteiger partial charge on any atom is 0.254 e. The average Bonchev–Trinajstić information content (AvgIpc) is 2.65. The number of rotatable bonds is 2. The summed E-state index contributed by atoms with van der Waals surface area (Å²) in [7, 11) is 5.09. The Balaban J connectivity index is 2.70. The molecule has 0 saturated carbocycles. The van der Waals surface area contributed by atoms with Crippen LogP contribution < -0.4 is 9.47 Å². The maximum absolute atomic E-state index is 12.4. The van der Waals surface area contributed by atoms with E-state index < -0.39 is 0 Å². The lowest BCUT2D eigenvalue weighted by molar-refractivity contribution is 0.0825. The topological polar surface area (TPSA) is 38.8 Å². The normalized spacial score (nSPS) is 20.7. The van der Waals surface area contributed by atoms with Gasteiger partial charge in [-0.25, -0.2) is 0 Å². The van der Waals surface area contributed by atoms with E-state index in [4.69, 9.17) is 9.47 Å². The van der Waals surface area contributed by atoms with E-state index in [0.717, 1.165) is 10.0 Å². The lowest BCUT2D eigenvalue weighted by Crippen LogP contribution is -2.24. The van der Waals surface area contributed by atoms with Crippen LogP contribution in [0.25, 0.3) is 0 Å². The first-order valence-corrected chi connectivity index (χ1v) is 6.96. The van der Waals surface area contributed by atoms with Crippen molar-refractivity contribution in [3.63, 3.8) is 0 Å². The predicted molar refractivity (Wildman–Crippen MR) is 77.2 cm³/mol. The summed E-state index contributed by atoms with van der Waals surface area (Å²) in [6.07, 6.45) is 0.0342. The molecule has 0 aliphatic carbocycles. The van der Waals surface area contributed by atoms with Crippen LogP contribution in [0.5, 0.6) is 11.5 Å². The van der Waals surface area contributed by atoms with Crippen LogP contribution >= 0.6 is 15.9 Å². The van der Waals surface area contributed by atoms with Gasteiger partial charge in [-0.05, 0) is 28.9 Å². The van der Waals surface area contributed by atoms with Crippen molar-refractivity contribution in [2.75, 3.05) is 21.2 Å². The Labute approximate surface area is 121 Å². The highest BCUT2D eigenvalue weighted by Crippen LogP contribution is 2.48. The molecule has 1 aliphatic heterocycles. The number of benzene rings is 1. The fourth-order valence-electron chi connectivity index (χ4n) is 2.30. The number of hydrogen-bond donors (Lipinski definition) is 0. The molecule has 0 bridgehead atoms. The molecule has 1 heterocycles. The van der Waals surface area contributed by atoms with Crippen LogP contribution in [0, 0.1) is 0 Å². The molecule has 2 rings (SSSR count). The molecule has 104 valence electrons. The van der Waals surface area contributed by atoms with Crippen molar-refractivity contribution >= 4 is 21.8 Å². The Morgan fingerprint density at radius 1 is 1.42 bits per heavy atom. The minimum absolute atomic E-state index is 0.0321. The van der Waals surface area contributed by atoms with Gasteiger partial charge in [0.2, 0.25) is 0 Å². The van der Waals surface area contributed by atoms with Gasteiger partial charge in [-0.15, -0.1) is 0 Å². The van der Waals surface area contributed by atoms with E-state index in [1.165, 1.54) is 0 Å². The first kappa shape index (κ1) is 14.2. The number of halogens is 1. The standard InChI is InChI=1S/C14H18BrNO3/c1-7-8(2)19-13-10(18-5)6-9(15)12(11(7)13)14(17)16(3)4/h6-8H,1-5H3/t7?,8-/m0/s1. The zero-order valence-corrected chi connectivity index (χ0v) is 13.4. The second kappa shape index (κ2) is 5.04. The van der Waals surface area contributed by atoms with E-state index in [2.05, 4.69) is 22.9 Å². The zero-order chi connectivity index (χ0) is 14.3. The fourth-order valence-corrected chi connectivity index (χ4v) is 2.89. The van der Waals surface area contributed by atoms with Gasteiger partial charge in [0.15, 0.2) is 11.5 Å². The smallest absolute Gasteiger partial charge is 0.254 e. The van der Waals surface area contributed by atoms with Crippen LogP contribution in [-0.2, 0) is 0 Å². The van der Waals surface area contributed by atoms with Gasteiger partial charge in [0, 0.05) is 30.0 Å². The lowest BCUT2D eigenvalue weighted by atomic mass is 9.92. The highest BCUT2D eigenvalue weighted by molar-refractivity contribution is 9.10. The van der Waals surface area contributed by atoms with Gasteiger partial charge in [0.1, 0.15) is 6.10 Å². The van der Waals surface area contributed by atoms with E-state index >= 15 is 0 Å². The van der Waals surface area contributed by atoms with Crippen LogP contribution in [0.4, 0.5) is 0 Å². The van der Waals surface area contributed by atoms with Crippen molar-refractivity contribution in [3.05, 3.63) is 21.7 Å². The molecule has 1 aliphatic rings. The van der Waals surface area contributed by atoms with Crippen molar-refractivity contribution in [2.24, 2.45) is 0 Å². The molecule has 0 aromatic heterocycles. The lowest BCUT2D eigenvalue weighted by Gasteiger charge is -2.17. The van der Waals surface area contributed by atoms with E-state index in [1.807, 2.05) is 6.92 Å². The summed E-state index contributed by atoms with van der Waals surface area (Å²) in [4.78, 5) is 13.9. The Morgan fingerprint density at radius 3 is 2.58 bits per heavy atom. The number of amides is 1. The van der Waals surface area contributed by atoms with Crippen molar-refractivity contribution < 1.29 is 14.3 Å². The molecular formula is C14H18BrNO3. The number of carbonyl (C=O) groups excluding carboxylic acids is 1. The Morgan fingerprint density at radius 2 is 2.05 bits per heavy atom. The third-order valence-electron chi connectivity index (χ3n) is 3.54. The molecule has 2 atom stereocenters. The highest BCUT2D eigenvalue weighted by atomic mass is 79.9. The van der Waals surface area contributed by atoms with Crippen LogP contribution in [0.15, 0.2) is 10.5 Å². The number of carbonyl (C=O) groups is 1. The zero-order valence-electron chi connectivity index (χ0n) is 11.8. The molecule has 1 unspecified atom stereocenters. The van der Waals surface area contributed by atoms with Gasteiger partial charge in [-0.2, -0.15) is 0 Å². The molecule has 0 spiro atoms. The van der Waals surface area contributed by atoms with Gasteiger partial charge in [-0.1, -0.05) is 6.92 Å². The second-order valence-electron chi connectivity index (χ2n) is 4.99. The minimum Gasteiger partial charge on any atom is -0.493 e. The highest BCUT2D eigenvalue weighted by Gasteiger charge is 2.36. The van der Waals surface area contributed by atoms with Gasteiger partial charge in [-0.3, -0.25) is 4.79 Å². The maximum atomic E-state index is 12.4. The molecule has 19 heavy (non-hydrogen) atoms. The second-order valence-corrected chi connectivity index (χ2v) is 5.84. The number of nitrogens with zero attached hydrogens (tertiary/aromatic N) is 1. The van der Waals surface area contributed by atoms with Crippen LogP contribution in [0.3, 0.4) is 0 Å². The molecule has 1 amide bonds. The first-order valence-electron chi connectivity index (χ1n) is 6.17. The molecule has 4 nitrogen and oxygen atoms in total. The molecular weight excluding hydrogens is 310 g/mol. The van der Waals surface area contributed by atoms with Crippen molar-refractivity contribution in [2.45, 2.75) is 25.9 Å². The summed E-state index contributed by atoms with van der Waals surface area (Å²) < 4.78 is 11.9. The van der Waals surface area contributed by atoms with Crippen molar-refractivity contribution in [3.8, 4) is 11.5 Å². The Kier molecular flexibility index (Phi) is 3.76. The molecule has 1 aromatic carbocycles. The Bertz CT molecular complexity index is 528. The molecule has 0 radical (unpaired) electrons. The van der Waals surface area contributed by atoms with Crippen LogP contribution in [0.1, 0.15) is 35.7 Å². The van der Waals surface area contributed by atoms with Gasteiger partial charge in [0.05, 0.1) is 12.7 Å². The molecule has 5 heteroatoms. The van der Waals surface area contributed by atoms with E-state index in [1.54, 1.807) is 32.2 Å². The third-order valence-corrected chi connectivity index (χ3v) is 4.16. The van der Waals surface area contributed by atoms with Gasteiger partial charge < -0.3 is 14.4 Å².